The molecular weight excluding hydrogens is 258 g/mol. The molecule has 0 heterocycles. The van der Waals surface area contributed by atoms with Crippen molar-refractivity contribution in [3.05, 3.63) is 29.3 Å². The molecule has 19 heavy (non-hydrogen) atoms. The van der Waals surface area contributed by atoms with Gasteiger partial charge in [0, 0.05) is 11.3 Å². The second kappa shape index (κ2) is 5.84. The number of hydrazine groups is 1. The maximum atomic E-state index is 12.2. The van der Waals surface area contributed by atoms with Crippen LogP contribution in [0.1, 0.15) is 35.2 Å². The molecule has 0 radical (unpaired) electrons. The zero-order chi connectivity index (χ0) is 13.9. The van der Waals surface area contributed by atoms with Crippen LogP contribution in [0.5, 0.6) is 0 Å². The van der Waals surface area contributed by atoms with Crippen LogP contribution in [0.3, 0.4) is 0 Å². The molecule has 5 heteroatoms. The van der Waals surface area contributed by atoms with Crippen molar-refractivity contribution < 1.29 is 4.79 Å². The molecule has 2 rings (SSSR count). The van der Waals surface area contributed by atoms with E-state index in [9.17, 15) is 4.79 Å². The van der Waals surface area contributed by atoms with Gasteiger partial charge in [0.15, 0.2) is 0 Å². The number of anilines is 1. The lowest BCUT2D eigenvalue weighted by Crippen LogP contribution is -2.45. The van der Waals surface area contributed by atoms with E-state index < -0.39 is 0 Å². The molecule has 0 atom stereocenters. The molecule has 0 spiro atoms. The van der Waals surface area contributed by atoms with E-state index in [1.54, 1.807) is 0 Å². The third kappa shape index (κ3) is 3.04. The molecule has 1 amide bonds. The number of carbonyl (C=O) groups is 1. The molecule has 1 aliphatic carbocycles. The van der Waals surface area contributed by atoms with Crippen molar-refractivity contribution in [2.75, 3.05) is 18.2 Å². The normalized spacial score (nSPS) is 16.6. The van der Waals surface area contributed by atoms with Gasteiger partial charge in [0.05, 0.1) is 11.3 Å². The fourth-order valence-electron chi connectivity index (χ4n) is 2.34. The number of thioether (sulfide) groups is 1. The Labute approximate surface area is 118 Å². The van der Waals surface area contributed by atoms with Crippen LogP contribution < -0.4 is 16.6 Å². The highest BCUT2D eigenvalue weighted by Crippen LogP contribution is 2.42. The van der Waals surface area contributed by atoms with Gasteiger partial charge in [-0.15, -0.1) is 0 Å². The monoisotopic (exact) mass is 279 g/mol. The highest BCUT2D eigenvalue weighted by atomic mass is 32.2. The molecule has 104 valence electrons. The molecule has 4 nitrogen and oxygen atoms in total. The van der Waals surface area contributed by atoms with E-state index in [1.807, 2.05) is 36.9 Å². The molecule has 0 aromatic heterocycles. The van der Waals surface area contributed by atoms with Crippen LogP contribution in [-0.4, -0.2) is 23.5 Å². The Morgan fingerprint density at radius 2 is 2.21 bits per heavy atom. The number of hydrogen-bond acceptors (Lipinski definition) is 4. The van der Waals surface area contributed by atoms with Crippen molar-refractivity contribution in [3.63, 3.8) is 0 Å². The number of nitrogens with two attached hydrogens (primary N) is 1. The van der Waals surface area contributed by atoms with Gasteiger partial charge in [-0.3, -0.25) is 10.6 Å². The molecule has 4 N–H and O–H groups in total. The SMILES string of the molecule is CSC1(CNC(=O)c2ccc(C)cc2NN)CCC1. The average molecular weight is 279 g/mol. The van der Waals surface area contributed by atoms with Gasteiger partial charge in [0.25, 0.3) is 5.91 Å². The minimum Gasteiger partial charge on any atom is -0.351 e. The zero-order valence-corrected chi connectivity index (χ0v) is 12.3. The molecule has 0 saturated heterocycles. The summed E-state index contributed by atoms with van der Waals surface area (Å²) in [6.07, 6.45) is 5.75. The lowest BCUT2D eigenvalue weighted by Gasteiger charge is -2.40. The largest absolute Gasteiger partial charge is 0.351 e. The first-order valence-electron chi connectivity index (χ1n) is 6.51. The lowest BCUT2D eigenvalue weighted by molar-refractivity contribution is 0.0944. The Hall–Kier alpha value is -1.20. The summed E-state index contributed by atoms with van der Waals surface area (Å²) in [5, 5.41) is 3.03. The highest BCUT2D eigenvalue weighted by molar-refractivity contribution is 8.00. The predicted molar refractivity (Wildman–Crippen MR) is 81.4 cm³/mol. The number of amides is 1. The number of nitrogen functional groups attached to an aromatic ring is 1. The van der Waals surface area contributed by atoms with Gasteiger partial charge in [-0.25, -0.2) is 0 Å². The topological polar surface area (TPSA) is 67.2 Å². The van der Waals surface area contributed by atoms with Gasteiger partial charge in [-0.2, -0.15) is 11.8 Å². The molecule has 1 aromatic rings. The zero-order valence-electron chi connectivity index (χ0n) is 11.5. The summed E-state index contributed by atoms with van der Waals surface area (Å²) in [4.78, 5) is 12.2. The van der Waals surface area contributed by atoms with Gasteiger partial charge < -0.3 is 10.7 Å². The Bertz CT molecular complexity index is 466. The standard InChI is InChI=1S/C14H21N3OS/c1-10-4-5-11(12(8-10)17-15)13(18)16-9-14(19-2)6-3-7-14/h4-5,8,17H,3,6-7,9,15H2,1-2H3,(H,16,18). The van der Waals surface area contributed by atoms with Gasteiger partial charge in [0.2, 0.25) is 0 Å². The summed E-state index contributed by atoms with van der Waals surface area (Å²) in [6, 6.07) is 5.61. The summed E-state index contributed by atoms with van der Waals surface area (Å²) in [5.41, 5.74) is 4.93. The van der Waals surface area contributed by atoms with Crippen LogP contribution >= 0.6 is 11.8 Å². The van der Waals surface area contributed by atoms with E-state index in [1.165, 1.54) is 19.3 Å². The number of carbonyl (C=O) groups excluding carboxylic acids is 1. The van der Waals surface area contributed by atoms with Crippen molar-refractivity contribution >= 4 is 23.4 Å². The molecule has 1 aliphatic rings. The molecule has 0 aliphatic heterocycles. The van der Waals surface area contributed by atoms with Crippen LogP contribution in [-0.2, 0) is 0 Å². The first-order valence-corrected chi connectivity index (χ1v) is 7.73. The van der Waals surface area contributed by atoms with E-state index in [2.05, 4.69) is 17.0 Å². The van der Waals surface area contributed by atoms with Crippen LogP contribution in [0.25, 0.3) is 0 Å². The van der Waals surface area contributed by atoms with Crippen LogP contribution in [0, 0.1) is 6.92 Å². The summed E-state index contributed by atoms with van der Waals surface area (Å²) in [6.45, 7) is 2.70. The van der Waals surface area contributed by atoms with E-state index >= 15 is 0 Å². The fourth-order valence-corrected chi connectivity index (χ4v) is 3.25. The van der Waals surface area contributed by atoms with E-state index in [4.69, 9.17) is 5.84 Å². The molecule has 0 unspecified atom stereocenters. The van der Waals surface area contributed by atoms with Crippen molar-refractivity contribution in [3.8, 4) is 0 Å². The summed E-state index contributed by atoms with van der Waals surface area (Å²) in [5.74, 6) is 5.41. The quantitative estimate of drug-likeness (QED) is 0.571. The van der Waals surface area contributed by atoms with Crippen molar-refractivity contribution in [2.45, 2.75) is 30.9 Å². The van der Waals surface area contributed by atoms with Gasteiger partial charge in [0.1, 0.15) is 0 Å². The first-order chi connectivity index (χ1) is 9.10. The van der Waals surface area contributed by atoms with Gasteiger partial charge >= 0.3 is 0 Å². The lowest BCUT2D eigenvalue weighted by atomic mass is 9.84. The Morgan fingerprint density at radius 3 is 2.74 bits per heavy atom. The maximum absolute atomic E-state index is 12.2. The Balaban J connectivity index is 2.03. The minimum atomic E-state index is -0.0618. The predicted octanol–water partition coefficient (Wildman–Crippen LogP) is 2.30. The smallest absolute Gasteiger partial charge is 0.253 e. The third-order valence-corrected chi connectivity index (χ3v) is 5.26. The van der Waals surface area contributed by atoms with Gasteiger partial charge in [-0.05, 0) is 43.7 Å². The number of benzene rings is 1. The summed E-state index contributed by atoms with van der Waals surface area (Å²) < 4.78 is 0.247. The molecule has 1 saturated carbocycles. The second-order valence-electron chi connectivity index (χ2n) is 5.12. The molecule has 0 bridgehead atoms. The number of rotatable bonds is 5. The molecule has 1 fully saturated rings. The van der Waals surface area contributed by atoms with Crippen LogP contribution in [0.4, 0.5) is 5.69 Å². The highest BCUT2D eigenvalue weighted by Gasteiger charge is 2.36. The maximum Gasteiger partial charge on any atom is 0.253 e. The fraction of sp³-hybridized carbons (Fsp3) is 0.500. The number of nitrogens with one attached hydrogen (secondary N) is 2. The van der Waals surface area contributed by atoms with Gasteiger partial charge in [-0.1, -0.05) is 12.5 Å². The Kier molecular flexibility index (Phi) is 4.37. The second-order valence-corrected chi connectivity index (χ2v) is 6.39. The van der Waals surface area contributed by atoms with Crippen LogP contribution in [0.15, 0.2) is 18.2 Å². The van der Waals surface area contributed by atoms with Crippen molar-refractivity contribution in [1.29, 1.82) is 0 Å². The van der Waals surface area contributed by atoms with E-state index in [0.29, 0.717) is 11.3 Å². The van der Waals surface area contributed by atoms with E-state index in [-0.39, 0.29) is 10.7 Å². The molecule has 1 aromatic carbocycles. The summed E-state index contributed by atoms with van der Waals surface area (Å²) >= 11 is 1.85. The number of aryl methyl sites for hydroxylation is 1. The van der Waals surface area contributed by atoms with Crippen LogP contribution in [0.2, 0.25) is 0 Å². The average Bonchev–Trinajstić information content (AvgIpc) is 2.37. The van der Waals surface area contributed by atoms with Crippen molar-refractivity contribution in [1.82, 2.24) is 5.32 Å². The first kappa shape index (κ1) is 14.2. The molecular formula is C14H21N3OS. The minimum absolute atomic E-state index is 0.0618. The summed E-state index contributed by atoms with van der Waals surface area (Å²) in [7, 11) is 0. The Morgan fingerprint density at radius 1 is 1.47 bits per heavy atom. The van der Waals surface area contributed by atoms with E-state index in [0.717, 1.165) is 12.1 Å². The number of hydrogen-bond donors (Lipinski definition) is 3. The van der Waals surface area contributed by atoms with Crippen molar-refractivity contribution in [2.24, 2.45) is 5.84 Å². The third-order valence-electron chi connectivity index (χ3n) is 3.84.